The summed E-state index contributed by atoms with van der Waals surface area (Å²) < 4.78 is 42.0. The molecule has 8 heteroatoms. The van der Waals surface area contributed by atoms with E-state index in [0.29, 0.717) is 5.56 Å². The number of aliphatic hydroxyl groups excluding tert-OH is 1. The average molecular weight is 314 g/mol. The van der Waals surface area contributed by atoms with E-state index in [0.717, 1.165) is 24.3 Å². The van der Waals surface area contributed by atoms with Gasteiger partial charge < -0.3 is 20.2 Å². The largest absolute Gasteiger partial charge is 0.472 e. The number of nitrogens with one attached hydrogen (secondary N) is 2. The highest BCUT2D eigenvalue weighted by Gasteiger charge is 2.29. The Morgan fingerprint density at radius 3 is 2.45 bits per heavy atom. The molecule has 0 saturated carbocycles. The molecule has 0 aliphatic heterocycles. The number of carbonyl (C=O) groups is 1. The van der Waals surface area contributed by atoms with Gasteiger partial charge in [0, 0.05) is 17.8 Å². The van der Waals surface area contributed by atoms with Gasteiger partial charge in [0.1, 0.15) is 0 Å². The molecule has 2 aromatic rings. The Hall–Kier alpha value is -2.48. The molecule has 118 valence electrons. The molecule has 0 aliphatic carbocycles. The number of halogens is 3. The van der Waals surface area contributed by atoms with E-state index >= 15 is 0 Å². The normalized spacial score (nSPS) is 12.7. The Morgan fingerprint density at radius 2 is 1.91 bits per heavy atom. The number of rotatable bonds is 4. The van der Waals surface area contributed by atoms with Gasteiger partial charge in [0.05, 0.1) is 24.2 Å². The van der Waals surface area contributed by atoms with Crippen LogP contribution < -0.4 is 10.6 Å². The first-order valence-corrected chi connectivity index (χ1v) is 6.28. The highest BCUT2D eigenvalue weighted by atomic mass is 19.4. The number of benzene rings is 1. The van der Waals surface area contributed by atoms with Crippen LogP contribution in [0.1, 0.15) is 17.2 Å². The van der Waals surface area contributed by atoms with Crippen molar-refractivity contribution in [2.24, 2.45) is 0 Å². The minimum atomic E-state index is -4.42. The van der Waals surface area contributed by atoms with Crippen molar-refractivity contribution in [3.63, 3.8) is 0 Å². The number of amides is 2. The number of aliphatic hydroxyl groups is 1. The van der Waals surface area contributed by atoms with E-state index in [-0.39, 0.29) is 12.2 Å². The van der Waals surface area contributed by atoms with Gasteiger partial charge in [0.15, 0.2) is 0 Å². The van der Waals surface area contributed by atoms with E-state index in [9.17, 15) is 23.1 Å². The molecule has 1 heterocycles. The number of furan rings is 1. The van der Waals surface area contributed by atoms with Crippen molar-refractivity contribution in [2.75, 3.05) is 11.9 Å². The first kappa shape index (κ1) is 15.9. The molecule has 2 rings (SSSR count). The molecule has 1 aromatic heterocycles. The van der Waals surface area contributed by atoms with Crippen LogP contribution in [0.3, 0.4) is 0 Å². The molecular weight excluding hydrogens is 301 g/mol. The molecule has 1 unspecified atom stereocenters. The molecule has 0 aliphatic rings. The van der Waals surface area contributed by atoms with Gasteiger partial charge in [-0.15, -0.1) is 0 Å². The maximum absolute atomic E-state index is 12.4. The third-order valence-electron chi connectivity index (χ3n) is 2.85. The Bertz CT molecular complexity index is 609. The van der Waals surface area contributed by atoms with Crippen LogP contribution in [0.25, 0.3) is 0 Å². The second kappa shape index (κ2) is 6.52. The van der Waals surface area contributed by atoms with Crippen molar-refractivity contribution in [3.8, 4) is 0 Å². The maximum Gasteiger partial charge on any atom is 0.416 e. The lowest BCUT2D eigenvalue weighted by molar-refractivity contribution is -0.137. The van der Waals surface area contributed by atoms with Gasteiger partial charge in [-0.3, -0.25) is 0 Å². The van der Waals surface area contributed by atoms with Gasteiger partial charge in [0.25, 0.3) is 0 Å². The Labute approximate surface area is 123 Å². The van der Waals surface area contributed by atoms with E-state index < -0.39 is 23.9 Å². The summed E-state index contributed by atoms with van der Waals surface area (Å²) in [6.07, 6.45) is -2.62. The van der Waals surface area contributed by atoms with Crippen molar-refractivity contribution in [3.05, 3.63) is 54.0 Å². The van der Waals surface area contributed by atoms with Crippen LogP contribution >= 0.6 is 0 Å². The third kappa shape index (κ3) is 4.26. The Morgan fingerprint density at radius 1 is 1.23 bits per heavy atom. The minimum absolute atomic E-state index is 0.0635. The Kier molecular flexibility index (Phi) is 4.71. The van der Waals surface area contributed by atoms with Gasteiger partial charge in [-0.25, -0.2) is 4.79 Å². The molecule has 1 atom stereocenters. The van der Waals surface area contributed by atoms with E-state index in [2.05, 4.69) is 10.6 Å². The molecule has 2 amide bonds. The summed E-state index contributed by atoms with van der Waals surface area (Å²) >= 11 is 0. The van der Waals surface area contributed by atoms with Crippen LogP contribution in [0.2, 0.25) is 0 Å². The van der Waals surface area contributed by atoms with Crippen molar-refractivity contribution in [1.82, 2.24) is 5.32 Å². The lowest BCUT2D eigenvalue weighted by Crippen LogP contribution is -2.32. The highest BCUT2D eigenvalue weighted by molar-refractivity contribution is 5.89. The zero-order chi connectivity index (χ0) is 16.2. The van der Waals surface area contributed by atoms with Crippen LogP contribution in [0.5, 0.6) is 0 Å². The lowest BCUT2D eigenvalue weighted by atomic mass is 10.2. The van der Waals surface area contributed by atoms with Crippen molar-refractivity contribution in [1.29, 1.82) is 0 Å². The van der Waals surface area contributed by atoms with Crippen molar-refractivity contribution >= 4 is 11.7 Å². The third-order valence-corrected chi connectivity index (χ3v) is 2.85. The molecule has 1 aromatic carbocycles. The topological polar surface area (TPSA) is 74.5 Å². The second-order valence-corrected chi connectivity index (χ2v) is 4.48. The van der Waals surface area contributed by atoms with Gasteiger partial charge in [0.2, 0.25) is 0 Å². The first-order valence-electron chi connectivity index (χ1n) is 6.28. The molecule has 0 fully saturated rings. The number of urea groups is 1. The van der Waals surface area contributed by atoms with Gasteiger partial charge in [-0.1, -0.05) is 0 Å². The molecule has 0 radical (unpaired) electrons. The molecule has 3 N–H and O–H groups in total. The van der Waals surface area contributed by atoms with E-state index in [1.54, 1.807) is 6.07 Å². The zero-order valence-electron chi connectivity index (χ0n) is 11.2. The fourth-order valence-electron chi connectivity index (χ4n) is 1.69. The standard InChI is InChI=1S/C14H13F3N2O3/c15-14(16,17)10-1-3-11(4-2-10)19-13(21)18-7-12(20)9-5-6-22-8-9/h1-6,8,12,20H,7H2,(H2,18,19,21). The van der Waals surface area contributed by atoms with E-state index in [1.165, 1.54) is 12.5 Å². The Balaban J connectivity index is 1.84. The van der Waals surface area contributed by atoms with Crippen LogP contribution in [-0.2, 0) is 6.18 Å². The number of hydrogen-bond donors (Lipinski definition) is 3. The summed E-state index contributed by atoms with van der Waals surface area (Å²) in [6, 6.07) is 4.96. The average Bonchev–Trinajstić information content (AvgIpc) is 2.98. The van der Waals surface area contributed by atoms with Crippen molar-refractivity contribution in [2.45, 2.75) is 12.3 Å². The van der Waals surface area contributed by atoms with E-state index in [4.69, 9.17) is 4.42 Å². The summed E-state index contributed by atoms with van der Waals surface area (Å²) in [5.41, 5.74) is -0.0769. The first-order chi connectivity index (χ1) is 10.4. The summed E-state index contributed by atoms with van der Waals surface area (Å²) in [5, 5.41) is 14.5. The maximum atomic E-state index is 12.4. The fourth-order valence-corrected chi connectivity index (χ4v) is 1.69. The quantitative estimate of drug-likeness (QED) is 0.811. The number of hydrogen-bond acceptors (Lipinski definition) is 3. The number of anilines is 1. The predicted molar refractivity (Wildman–Crippen MR) is 72.1 cm³/mol. The van der Waals surface area contributed by atoms with Crippen LogP contribution in [0, 0.1) is 0 Å². The predicted octanol–water partition coefficient (Wildman–Crippen LogP) is 3.15. The molecule has 0 saturated heterocycles. The van der Waals surface area contributed by atoms with Crippen LogP contribution in [0.4, 0.5) is 23.7 Å². The molecular formula is C14H13F3N2O3. The SMILES string of the molecule is O=C(NCC(O)c1ccoc1)Nc1ccc(C(F)(F)F)cc1. The zero-order valence-corrected chi connectivity index (χ0v) is 11.2. The number of alkyl halides is 3. The fraction of sp³-hybridized carbons (Fsp3) is 0.214. The summed E-state index contributed by atoms with van der Waals surface area (Å²) in [5.74, 6) is 0. The van der Waals surface area contributed by atoms with Crippen molar-refractivity contribution < 1.29 is 27.5 Å². The summed E-state index contributed by atoms with van der Waals surface area (Å²) in [7, 11) is 0. The van der Waals surface area contributed by atoms with E-state index in [1.807, 2.05) is 0 Å². The van der Waals surface area contributed by atoms with Crippen LogP contribution in [0.15, 0.2) is 47.3 Å². The summed E-state index contributed by atoms with van der Waals surface area (Å²) in [4.78, 5) is 11.6. The molecule has 22 heavy (non-hydrogen) atoms. The lowest BCUT2D eigenvalue weighted by Gasteiger charge is -2.12. The second-order valence-electron chi connectivity index (χ2n) is 4.48. The minimum Gasteiger partial charge on any atom is -0.472 e. The molecule has 0 bridgehead atoms. The van der Waals surface area contributed by atoms with Gasteiger partial charge >= 0.3 is 12.2 Å². The monoisotopic (exact) mass is 314 g/mol. The van der Waals surface area contributed by atoms with Crippen LogP contribution in [-0.4, -0.2) is 17.7 Å². The highest BCUT2D eigenvalue weighted by Crippen LogP contribution is 2.29. The van der Waals surface area contributed by atoms with Gasteiger partial charge in [-0.05, 0) is 30.3 Å². The number of carbonyl (C=O) groups excluding carboxylic acids is 1. The molecule has 0 spiro atoms. The smallest absolute Gasteiger partial charge is 0.416 e. The molecule has 5 nitrogen and oxygen atoms in total. The van der Waals surface area contributed by atoms with Gasteiger partial charge in [-0.2, -0.15) is 13.2 Å². The summed E-state index contributed by atoms with van der Waals surface area (Å²) in [6.45, 7) is -0.0635.